The van der Waals surface area contributed by atoms with Crippen LogP contribution in [0.1, 0.15) is 37.0 Å². The Morgan fingerprint density at radius 2 is 1.80 bits per heavy atom. The summed E-state index contributed by atoms with van der Waals surface area (Å²) in [5, 5.41) is 12.6. The summed E-state index contributed by atoms with van der Waals surface area (Å²) < 4.78 is 25.3. The molecule has 2 aromatic carbocycles. The maximum absolute atomic E-state index is 12.6. The van der Waals surface area contributed by atoms with E-state index in [2.05, 4.69) is 12.2 Å². The van der Waals surface area contributed by atoms with Gasteiger partial charge in [0.15, 0.2) is 9.84 Å². The lowest BCUT2D eigenvalue weighted by Crippen LogP contribution is -2.12. The molecule has 0 fully saturated rings. The van der Waals surface area contributed by atoms with E-state index in [0.29, 0.717) is 17.8 Å². The Morgan fingerprint density at radius 3 is 2.36 bits per heavy atom. The quantitative estimate of drug-likeness (QED) is 0.693. The summed E-state index contributed by atoms with van der Waals surface area (Å²) in [5.41, 5.74) is 1.77. The molecule has 5 nitrogen and oxygen atoms in total. The molecule has 2 N–H and O–H groups in total. The standard InChI is InChI=1S/C19H23NO4S/c1-3-5-11-20-16-12-15(19(21)22)13-17(25(23,24)4-2)18(16)14-9-7-6-8-10-14/h6-10,12-13,20H,3-5,11H2,1-2H3,(H,21,22). The van der Waals surface area contributed by atoms with Crippen LogP contribution in [0.15, 0.2) is 47.4 Å². The summed E-state index contributed by atoms with van der Waals surface area (Å²) in [6.07, 6.45) is 1.88. The lowest BCUT2D eigenvalue weighted by molar-refractivity contribution is 0.0696. The van der Waals surface area contributed by atoms with Gasteiger partial charge in [-0.1, -0.05) is 50.6 Å². The van der Waals surface area contributed by atoms with Crippen molar-refractivity contribution in [3.8, 4) is 11.1 Å². The maximum atomic E-state index is 12.6. The molecule has 0 saturated carbocycles. The highest BCUT2D eigenvalue weighted by Gasteiger charge is 2.23. The minimum Gasteiger partial charge on any atom is -0.478 e. The molecule has 0 heterocycles. The molecule has 0 radical (unpaired) electrons. The molecule has 0 aliphatic carbocycles. The number of rotatable bonds is 8. The Hall–Kier alpha value is -2.34. The summed E-state index contributed by atoms with van der Waals surface area (Å²) in [7, 11) is -3.59. The van der Waals surface area contributed by atoms with E-state index in [9.17, 15) is 18.3 Å². The third-order valence-electron chi connectivity index (χ3n) is 3.97. The van der Waals surface area contributed by atoms with Gasteiger partial charge in [0, 0.05) is 17.8 Å². The van der Waals surface area contributed by atoms with Gasteiger partial charge >= 0.3 is 5.97 Å². The monoisotopic (exact) mass is 361 g/mol. The number of carbonyl (C=O) groups is 1. The molecule has 2 aromatic rings. The van der Waals surface area contributed by atoms with Gasteiger partial charge in [0.1, 0.15) is 0 Å². The number of carboxylic acid groups (broad SMARTS) is 1. The minimum atomic E-state index is -3.59. The largest absolute Gasteiger partial charge is 0.478 e. The summed E-state index contributed by atoms with van der Waals surface area (Å²) in [6.45, 7) is 4.26. The van der Waals surface area contributed by atoms with Gasteiger partial charge in [0.05, 0.1) is 16.2 Å². The van der Waals surface area contributed by atoms with Crippen LogP contribution in [0.5, 0.6) is 0 Å². The van der Waals surface area contributed by atoms with Crippen molar-refractivity contribution < 1.29 is 18.3 Å². The number of anilines is 1. The Bertz CT molecular complexity index is 845. The molecule has 0 unspecified atom stereocenters. The number of unbranched alkanes of at least 4 members (excludes halogenated alkanes) is 1. The lowest BCUT2D eigenvalue weighted by atomic mass is 10.0. The van der Waals surface area contributed by atoms with Crippen molar-refractivity contribution in [3.63, 3.8) is 0 Å². The van der Waals surface area contributed by atoms with Gasteiger partial charge in [-0.2, -0.15) is 0 Å². The molecule has 0 amide bonds. The fraction of sp³-hybridized carbons (Fsp3) is 0.316. The summed E-state index contributed by atoms with van der Waals surface area (Å²) in [6, 6.07) is 11.9. The second-order valence-corrected chi connectivity index (χ2v) is 8.00. The number of aromatic carboxylic acids is 1. The van der Waals surface area contributed by atoms with Crippen molar-refractivity contribution in [3.05, 3.63) is 48.0 Å². The first-order chi connectivity index (χ1) is 11.9. The van der Waals surface area contributed by atoms with Gasteiger partial charge in [0.2, 0.25) is 0 Å². The van der Waals surface area contributed by atoms with E-state index >= 15 is 0 Å². The smallest absolute Gasteiger partial charge is 0.335 e. The van der Waals surface area contributed by atoms with Gasteiger partial charge in [-0.15, -0.1) is 0 Å². The average molecular weight is 361 g/mol. The highest BCUT2D eigenvalue weighted by atomic mass is 32.2. The topological polar surface area (TPSA) is 83.5 Å². The first-order valence-corrected chi connectivity index (χ1v) is 9.99. The second kappa shape index (κ2) is 8.16. The number of hydrogen-bond acceptors (Lipinski definition) is 4. The fourth-order valence-corrected chi connectivity index (χ4v) is 3.74. The van der Waals surface area contributed by atoms with E-state index in [0.717, 1.165) is 18.4 Å². The molecule has 25 heavy (non-hydrogen) atoms. The first kappa shape index (κ1) is 19.0. The minimum absolute atomic E-state index is 0.0364. The van der Waals surface area contributed by atoms with Gasteiger partial charge in [-0.05, 0) is 24.1 Å². The number of benzene rings is 2. The normalized spacial score (nSPS) is 11.3. The van der Waals surface area contributed by atoms with E-state index in [-0.39, 0.29) is 16.2 Å². The molecular formula is C19H23NO4S. The Morgan fingerprint density at radius 1 is 1.12 bits per heavy atom. The Balaban J connectivity index is 2.76. The molecule has 6 heteroatoms. The van der Waals surface area contributed by atoms with E-state index in [4.69, 9.17) is 0 Å². The maximum Gasteiger partial charge on any atom is 0.335 e. The predicted molar refractivity (Wildman–Crippen MR) is 100.0 cm³/mol. The van der Waals surface area contributed by atoms with Crippen molar-refractivity contribution >= 4 is 21.5 Å². The highest BCUT2D eigenvalue weighted by Crippen LogP contribution is 2.36. The van der Waals surface area contributed by atoms with Gasteiger partial charge < -0.3 is 10.4 Å². The number of hydrogen-bond donors (Lipinski definition) is 2. The average Bonchev–Trinajstić information content (AvgIpc) is 2.62. The van der Waals surface area contributed by atoms with Crippen LogP contribution in [0.2, 0.25) is 0 Å². The molecule has 0 atom stereocenters. The first-order valence-electron chi connectivity index (χ1n) is 8.34. The fourth-order valence-electron chi connectivity index (χ4n) is 2.58. The van der Waals surface area contributed by atoms with Crippen molar-refractivity contribution in [2.45, 2.75) is 31.6 Å². The summed E-state index contributed by atoms with van der Waals surface area (Å²) >= 11 is 0. The predicted octanol–water partition coefficient (Wildman–Crippen LogP) is 4.06. The lowest BCUT2D eigenvalue weighted by Gasteiger charge is -2.18. The van der Waals surface area contributed by atoms with Gasteiger partial charge in [-0.3, -0.25) is 0 Å². The molecule has 0 aliphatic rings. The SMILES string of the molecule is CCCCNc1cc(C(=O)O)cc(S(=O)(=O)CC)c1-c1ccccc1. The van der Waals surface area contributed by atoms with Crippen molar-refractivity contribution in [1.29, 1.82) is 0 Å². The van der Waals surface area contributed by atoms with E-state index in [1.54, 1.807) is 6.92 Å². The van der Waals surface area contributed by atoms with Crippen LogP contribution in [0.25, 0.3) is 11.1 Å². The number of nitrogens with one attached hydrogen (secondary N) is 1. The molecule has 0 spiro atoms. The summed E-state index contributed by atoms with van der Waals surface area (Å²) in [4.78, 5) is 11.5. The van der Waals surface area contributed by atoms with Crippen molar-refractivity contribution in [2.75, 3.05) is 17.6 Å². The molecule has 0 aromatic heterocycles. The third kappa shape index (κ3) is 4.39. The summed E-state index contributed by atoms with van der Waals surface area (Å²) in [5.74, 6) is -1.24. The van der Waals surface area contributed by atoms with Crippen molar-refractivity contribution in [2.24, 2.45) is 0 Å². The molecule has 0 bridgehead atoms. The van der Waals surface area contributed by atoms with Crippen LogP contribution in [0.3, 0.4) is 0 Å². The number of carboxylic acids is 1. The molecular weight excluding hydrogens is 338 g/mol. The molecule has 2 rings (SSSR count). The van der Waals surface area contributed by atoms with Crippen LogP contribution < -0.4 is 5.32 Å². The van der Waals surface area contributed by atoms with E-state index in [1.807, 2.05) is 30.3 Å². The van der Waals surface area contributed by atoms with E-state index in [1.165, 1.54) is 12.1 Å². The van der Waals surface area contributed by atoms with Gasteiger partial charge in [0.25, 0.3) is 0 Å². The van der Waals surface area contributed by atoms with Crippen LogP contribution >= 0.6 is 0 Å². The van der Waals surface area contributed by atoms with E-state index < -0.39 is 15.8 Å². The zero-order chi connectivity index (χ0) is 18.4. The Labute approximate surface area is 148 Å². The third-order valence-corrected chi connectivity index (χ3v) is 5.72. The second-order valence-electron chi connectivity index (χ2n) is 5.75. The van der Waals surface area contributed by atoms with Crippen LogP contribution in [0, 0.1) is 0 Å². The molecule has 0 saturated heterocycles. The van der Waals surface area contributed by atoms with Crippen LogP contribution in [-0.4, -0.2) is 31.8 Å². The zero-order valence-corrected chi connectivity index (χ0v) is 15.3. The highest BCUT2D eigenvalue weighted by molar-refractivity contribution is 7.91. The molecule has 0 aliphatic heterocycles. The molecule has 134 valence electrons. The zero-order valence-electron chi connectivity index (χ0n) is 14.5. The van der Waals surface area contributed by atoms with Crippen LogP contribution in [0.4, 0.5) is 5.69 Å². The van der Waals surface area contributed by atoms with Gasteiger partial charge in [-0.25, -0.2) is 13.2 Å². The van der Waals surface area contributed by atoms with Crippen LogP contribution in [-0.2, 0) is 9.84 Å². The number of sulfone groups is 1. The Kier molecular flexibility index (Phi) is 6.20. The van der Waals surface area contributed by atoms with Crippen molar-refractivity contribution in [1.82, 2.24) is 0 Å².